The molecule has 0 aromatic heterocycles. The zero-order valence-electron chi connectivity index (χ0n) is 10.7. The Morgan fingerprint density at radius 2 is 1.53 bits per heavy atom. The second kappa shape index (κ2) is 10.4. The largest absolute Gasteiger partial charge is 0.391 e. The van der Waals surface area contributed by atoms with Gasteiger partial charge in [0.15, 0.2) is 0 Å². The quantitative estimate of drug-likeness (QED) is 0.567. The van der Waals surface area contributed by atoms with Gasteiger partial charge in [0.05, 0.1) is 12.7 Å². The van der Waals surface area contributed by atoms with Crippen LogP contribution in [-0.2, 0) is 4.74 Å². The summed E-state index contributed by atoms with van der Waals surface area (Å²) in [6.45, 7) is 7.60. The van der Waals surface area contributed by atoms with E-state index in [2.05, 4.69) is 13.8 Å². The van der Waals surface area contributed by atoms with E-state index in [1.165, 1.54) is 32.1 Å². The number of rotatable bonds is 10. The van der Waals surface area contributed by atoms with Gasteiger partial charge in [-0.25, -0.2) is 0 Å². The lowest BCUT2D eigenvalue weighted by atomic mass is 10.0. The van der Waals surface area contributed by atoms with Crippen molar-refractivity contribution in [3.8, 4) is 0 Å². The van der Waals surface area contributed by atoms with Crippen LogP contribution in [0.25, 0.3) is 0 Å². The average molecular weight is 216 g/mol. The molecule has 0 aliphatic rings. The van der Waals surface area contributed by atoms with Crippen LogP contribution in [-0.4, -0.2) is 24.4 Å². The van der Waals surface area contributed by atoms with Crippen LogP contribution in [0.4, 0.5) is 0 Å². The molecule has 0 fully saturated rings. The molecule has 0 heterocycles. The molecule has 0 aromatic carbocycles. The van der Waals surface area contributed by atoms with Gasteiger partial charge in [0.25, 0.3) is 0 Å². The van der Waals surface area contributed by atoms with Gasteiger partial charge in [-0.05, 0) is 19.3 Å². The average Bonchev–Trinajstić information content (AvgIpc) is 2.14. The Morgan fingerprint density at radius 1 is 0.933 bits per heavy atom. The summed E-state index contributed by atoms with van der Waals surface area (Å²) in [5.74, 6) is 0.847. The Morgan fingerprint density at radius 3 is 2.13 bits per heavy atom. The molecule has 0 rings (SSSR count). The van der Waals surface area contributed by atoms with Crippen molar-refractivity contribution in [2.45, 2.75) is 65.4 Å². The monoisotopic (exact) mass is 216 g/mol. The number of aliphatic hydroxyl groups is 1. The second-order valence-electron chi connectivity index (χ2n) is 4.87. The Hall–Kier alpha value is -0.0800. The van der Waals surface area contributed by atoms with Gasteiger partial charge >= 0.3 is 0 Å². The normalized spacial score (nSPS) is 13.4. The number of ether oxygens (including phenoxy) is 1. The lowest BCUT2D eigenvalue weighted by Crippen LogP contribution is -2.10. The summed E-state index contributed by atoms with van der Waals surface area (Å²) in [7, 11) is 0. The van der Waals surface area contributed by atoms with Crippen LogP contribution in [0.3, 0.4) is 0 Å². The lowest BCUT2D eigenvalue weighted by Gasteiger charge is -2.06. The topological polar surface area (TPSA) is 29.5 Å². The van der Waals surface area contributed by atoms with Gasteiger partial charge in [0.2, 0.25) is 0 Å². The molecule has 0 saturated heterocycles. The van der Waals surface area contributed by atoms with Crippen LogP contribution in [0.15, 0.2) is 0 Å². The van der Waals surface area contributed by atoms with Gasteiger partial charge in [0.1, 0.15) is 0 Å². The van der Waals surface area contributed by atoms with Crippen molar-refractivity contribution >= 4 is 0 Å². The number of aliphatic hydroxyl groups excluding tert-OH is 1. The van der Waals surface area contributed by atoms with E-state index in [0.717, 1.165) is 18.9 Å². The fraction of sp³-hybridized carbons (Fsp3) is 1.00. The Bertz CT molecular complexity index is 108. The molecule has 1 unspecified atom stereocenters. The highest BCUT2D eigenvalue weighted by atomic mass is 16.5. The minimum absolute atomic E-state index is 0.323. The second-order valence-corrected chi connectivity index (χ2v) is 4.87. The standard InChI is InChI=1S/C13H28O2/c1-12(2)9-7-5-4-6-8-10-15-11-13(3)14/h12-14H,4-11H2,1-3H3. The first-order valence-electron chi connectivity index (χ1n) is 6.38. The molecule has 1 atom stereocenters. The summed E-state index contributed by atoms with van der Waals surface area (Å²) < 4.78 is 5.29. The van der Waals surface area contributed by atoms with Crippen LogP contribution < -0.4 is 0 Å². The fourth-order valence-corrected chi connectivity index (χ4v) is 1.54. The molecule has 0 amide bonds. The molecule has 0 aliphatic carbocycles. The van der Waals surface area contributed by atoms with Gasteiger partial charge < -0.3 is 9.84 Å². The van der Waals surface area contributed by atoms with Crippen LogP contribution in [0.5, 0.6) is 0 Å². The molecule has 0 aromatic rings. The zero-order chi connectivity index (χ0) is 11.5. The lowest BCUT2D eigenvalue weighted by molar-refractivity contribution is 0.0445. The molecule has 92 valence electrons. The van der Waals surface area contributed by atoms with E-state index < -0.39 is 0 Å². The smallest absolute Gasteiger partial charge is 0.0745 e. The molecule has 15 heavy (non-hydrogen) atoms. The SMILES string of the molecule is CC(C)CCCCCCCOCC(C)O. The fourth-order valence-electron chi connectivity index (χ4n) is 1.54. The van der Waals surface area contributed by atoms with Crippen LogP contribution in [0, 0.1) is 5.92 Å². The van der Waals surface area contributed by atoms with E-state index in [-0.39, 0.29) is 6.10 Å². The van der Waals surface area contributed by atoms with Crippen LogP contribution >= 0.6 is 0 Å². The molecular formula is C13H28O2. The minimum Gasteiger partial charge on any atom is -0.391 e. The summed E-state index contributed by atoms with van der Waals surface area (Å²) in [6, 6.07) is 0. The minimum atomic E-state index is -0.323. The summed E-state index contributed by atoms with van der Waals surface area (Å²) in [5, 5.41) is 8.95. The van der Waals surface area contributed by atoms with E-state index >= 15 is 0 Å². The highest BCUT2D eigenvalue weighted by Gasteiger charge is 1.96. The zero-order valence-corrected chi connectivity index (χ0v) is 10.7. The first-order chi connectivity index (χ1) is 7.13. The highest BCUT2D eigenvalue weighted by Crippen LogP contribution is 2.10. The highest BCUT2D eigenvalue weighted by molar-refractivity contribution is 4.48. The van der Waals surface area contributed by atoms with E-state index in [9.17, 15) is 0 Å². The van der Waals surface area contributed by atoms with Gasteiger partial charge in [0, 0.05) is 6.61 Å². The molecule has 0 bridgehead atoms. The number of hydrogen-bond acceptors (Lipinski definition) is 2. The van der Waals surface area contributed by atoms with Crippen molar-refractivity contribution in [2.75, 3.05) is 13.2 Å². The third kappa shape index (κ3) is 13.9. The van der Waals surface area contributed by atoms with Crippen molar-refractivity contribution < 1.29 is 9.84 Å². The van der Waals surface area contributed by atoms with Gasteiger partial charge in [-0.15, -0.1) is 0 Å². The van der Waals surface area contributed by atoms with Crippen molar-refractivity contribution in [1.82, 2.24) is 0 Å². The summed E-state index contributed by atoms with van der Waals surface area (Å²) in [4.78, 5) is 0. The van der Waals surface area contributed by atoms with E-state index in [1.807, 2.05) is 0 Å². The molecule has 1 N–H and O–H groups in total. The van der Waals surface area contributed by atoms with Crippen LogP contribution in [0.1, 0.15) is 59.3 Å². The van der Waals surface area contributed by atoms with Crippen molar-refractivity contribution in [1.29, 1.82) is 0 Å². The van der Waals surface area contributed by atoms with Gasteiger partial charge in [-0.3, -0.25) is 0 Å². The maximum absolute atomic E-state index is 8.95. The molecular weight excluding hydrogens is 188 g/mol. The van der Waals surface area contributed by atoms with Gasteiger partial charge in [-0.2, -0.15) is 0 Å². The molecule has 0 spiro atoms. The Labute approximate surface area is 95.0 Å². The first-order valence-corrected chi connectivity index (χ1v) is 6.38. The van der Waals surface area contributed by atoms with E-state index in [1.54, 1.807) is 6.92 Å². The predicted molar refractivity (Wildman–Crippen MR) is 65.0 cm³/mol. The number of unbranched alkanes of at least 4 members (excludes halogenated alkanes) is 4. The molecule has 2 nitrogen and oxygen atoms in total. The van der Waals surface area contributed by atoms with Crippen molar-refractivity contribution in [3.05, 3.63) is 0 Å². The van der Waals surface area contributed by atoms with Crippen molar-refractivity contribution in [2.24, 2.45) is 5.92 Å². The summed E-state index contributed by atoms with van der Waals surface area (Å²) in [6.07, 6.45) is 7.48. The molecule has 0 aliphatic heterocycles. The Balaban J connectivity index is 2.93. The Kier molecular flexibility index (Phi) is 10.4. The van der Waals surface area contributed by atoms with E-state index in [0.29, 0.717) is 6.61 Å². The maximum Gasteiger partial charge on any atom is 0.0745 e. The van der Waals surface area contributed by atoms with Gasteiger partial charge in [-0.1, -0.05) is 46.0 Å². The summed E-state index contributed by atoms with van der Waals surface area (Å²) >= 11 is 0. The third-order valence-electron chi connectivity index (χ3n) is 2.43. The van der Waals surface area contributed by atoms with Crippen LogP contribution in [0.2, 0.25) is 0 Å². The predicted octanol–water partition coefficient (Wildman–Crippen LogP) is 3.38. The van der Waals surface area contributed by atoms with E-state index in [4.69, 9.17) is 9.84 Å². The summed E-state index contributed by atoms with van der Waals surface area (Å²) in [5.41, 5.74) is 0. The maximum atomic E-state index is 8.95. The third-order valence-corrected chi connectivity index (χ3v) is 2.43. The first kappa shape index (κ1) is 14.9. The van der Waals surface area contributed by atoms with Crippen molar-refractivity contribution in [3.63, 3.8) is 0 Å². The number of hydrogen-bond donors (Lipinski definition) is 1. The molecule has 2 heteroatoms. The molecule has 0 radical (unpaired) electrons. The molecule has 0 saturated carbocycles.